The van der Waals surface area contributed by atoms with Gasteiger partial charge in [0.25, 0.3) is 0 Å². The van der Waals surface area contributed by atoms with Crippen LogP contribution < -0.4 is 0 Å². The molecule has 4 nitrogen and oxygen atoms in total. The first kappa shape index (κ1) is 13.0. The van der Waals surface area contributed by atoms with Crippen LogP contribution in [0.1, 0.15) is 0 Å². The van der Waals surface area contributed by atoms with E-state index in [0.717, 1.165) is 17.5 Å². The van der Waals surface area contributed by atoms with E-state index in [-0.39, 0.29) is 6.54 Å². The molecule has 0 aliphatic carbocycles. The number of para-hydroxylation sites is 1. The summed E-state index contributed by atoms with van der Waals surface area (Å²) in [5.41, 5.74) is 0.963. The van der Waals surface area contributed by atoms with Crippen LogP contribution in [0.25, 0.3) is 10.9 Å². The van der Waals surface area contributed by atoms with Gasteiger partial charge < -0.3 is 14.4 Å². The number of carbonyl (C=O) groups is 1. The fraction of sp³-hybridized carbons (Fsp3) is 0.133. The zero-order chi connectivity index (χ0) is 13.5. The van der Waals surface area contributed by atoms with Gasteiger partial charge in [-0.05, 0) is 29.7 Å². The summed E-state index contributed by atoms with van der Waals surface area (Å²) in [7, 11) is 0. The predicted molar refractivity (Wildman–Crippen MR) is 73.8 cm³/mol. The number of carboxylic acid groups (broad SMARTS) is 1. The smallest absolute Gasteiger partial charge is 0.323 e. The summed E-state index contributed by atoms with van der Waals surface area (Å²) >= 11 is 0. The lowest BCUT2D eigenvalue weighted by atomic mass is 10.2. The van der Waals surface area contributed by atoms with E-state index in [1.807, 2.05) is 48.6 Å². The summed E-state index contributed by atoms with van der Waals surface area (Å²) in [6, 6.07) is 9.64. The highest BCUT2D eigenvalue weighted by Crippen LogP contribution is 2.14. The van der Waals surface area contributed by atoms with Crippen LogP contribution in [0.15, 0.2) is 61.0 Å². The molecule has 2 aromatic rings. The number of benzene rings is 1. The number of fused-ring (bicyclic) bond motifs is 1. The highest BCUT2D eigenvalue weighted by molar-refractivity contribution is 5.81. The third-order valence-electron chi connectivity index (χ3n) is 2.60. The van der Waals surface area contributed by atoms with E-state index in [9.17, 15) is 4.79 Å². The molecule has 19 heavy (non-hydrogen) atoms. The Morgan fingerprint density at radius 2 is 2.11 bits per heavy atom. The van der Waals surface area contributed by atoms with Gasteiger partial charge in [0.05, 0.1) is 6.26 Å². The Bertz CT molecular complexity index is 599. The molecule has 0 bridgehead atoms. The number of ether oxygens (including phenoxy) is 1. The van der Waals surface area contributed by atoms with Crippen molar-refractivity contribution in [3.63, 3.8) is 0 Å². The van der Waals surface area contributed by atoms with Gasteiger partial charge in [-0.15, -0.1) is 0 Å². The number of hydrogen-bond acceptors (Lipinski definition) is 2. The molecule has 0 fully saturated rings. The lowest BCUT2D eigenvalue weighted by Crippen LogP contribution is -2.06. The maximum absolute atomic E-state index is 10.5. The average Bonchev–Trinajstić information content (AvgIpc) is 2.84. The highest BCUT2D eigenvalue weighted by Gasteiger charge is 2.02. The molecule has 0 saturated heterocycles. The van der Waals surface area contributed by atoms with Crippen molar-refractivity contribution in [1.82, 2.24) is 4.57 Å². The zero-order valence-electron chi connectivity index (χ0n) is 10.4. The lowest BCUT2D eigenvalue weighted by molar-refractivity contribution is -0.137. The molecule has 0 spiro atoms. The molecule has 0 saturated carbocycles. The van der Waals surface area contributed by atoms with E-state index in [1.165, 1.54) is 0 Å². The van der Waals surface area contributed by atoms with Gasteiger partial charge in [0.2, 0.25) is 0 Å². The number of carboxylic acids is 1. The normalized spacial score (nSPS) is 12.6. The predicted octanol–water partition coefficient (Wildman–Crippen LogP) is 2.81. The molecule has 1 aliphatic rings. The third-order valence-corrected chi connectivity index (χ3v) is 2.60. The second-order valence-corrected chi connectivity index (χ2v) is 3.99. The molecule has 0 atom stereocenters. The first-order valence-electron chi connectivity index (χ1n) is 5.96. The maximum atomic E-state index is 10.5. The van der Waals surface area contributed by atoms with Crippen molar-refractivity contribution in [2.75, 3.05) is 6.61 Å². The molecule has 1 aromatic carbocycles. The molecule has 0 radical (unpaired) electrons. The van der Waals surface area contributed by atoms with Crippen molar-refractivity contribution in [3.05, 3.63) is 61.0 Å². The number of allylic oxidation sites excluding steroid dienone is 2. The van der Waals surface area contributed by atoms with Crippen LogP contribution in [0.4, 0.5) is 0 Å². The van der Waals surface area contributed by atoms with Crippen molar-refractivity contribution in [3.8, 4) is 0 Å². The second kappa shape index (κ2) is 6.44. The van der Waals surface area contributed by atoms with Crippen LogP contribution in [0.2, 0.25) is 0 Å². The van der Waals surface area contributed by atoms with Gasteiger partial charge in [-0.3, -0.25) is 4.79 Å². The van der Waals surface area contributed by atoms with E-state index in [2.05, 4.69) is 0 Å². The van der Waals surface area contributed by atoms with Gasteiger partial charge in [0, 0.05) is 11.7 Å². The Balaban J connectivity index is 0.000000186. The van der Waals surface area contributed by atoms with Crippen molar-refractivity contribution >= 4 is 16.9 Å². The summed E-state index contributed by atoms with van der Waals surface area (Å²) in [6.45, 7) is 0.754. The largest absolute Gasteiger partial charge is 0.497 e. The molecule has 1 aromatic heterocycles. The van der Waals surface area contributed by atoms with Crippen LogP contribution >= 0.6 is 0 Å². The lowest BCUT2D eigenvalue weighted by Gasteiger charge is -1.99. The minimum absolute atomic E-state index is 0.0213. The molecule has 1 N–H and O–H groups in total. The quantitative estimate of drug-likeness (QED) is 0.900. The number of aromatic nitrogens is 1. The monoisotopic (exact) mass is 257 g/mol. The Kier molecular flexibility index (Phi) is 4.39. The Morgan fingerprint density at radius 3 is 2.68 bits per heavy atom. The average molecular weight is 257 g/mol. The molecule has 2 heterocycles. The minimum atomic E-state index is -0.818. The fourth-order valence-electron chi connectivity index (χ4n) is 1.77. The number of nitrogens with zero attached hydrogens (tertiary/aromatic N) is 1. The van der Waals surface area contributed by atoms with Gasteiger partial charge >= 0.3 is 5.97 Å². The first-order chi connectivity index (χ1) is 9.27. The number of hydrogen-bond donors (Lipinski definition) is 1. The Labute approximate surface area is 111 Å². The van der Waals surface area contributed by atoms with E-state index >= 15 is 0 Å². The van der Waals surface area contributed by atoms with E-state index in [4.69, 9.17) is 9.84 Å². The molecule has 1 aliphatic heterocycles. The number of rotatable bonds is 2. The SMILES string of the molecule is C1=CCOC=C1.O=C(O)Cn1ccc2ccccc21. The van der Waals surface area contributed by atoms with Crippen molar-refractivity contribution in [2.45, 2.75) is 6.54 Å². The van der Waals surface area contributed by atoms with Gasteiger partial charge in [0.15, 0.2) is 0 Å². The second-order valence-electron chi connectivity index (χ2n) is 3.99. The fourth-order valence-corrected chi connectivity index (χ4v) is 1.77. The third kappa shape index (κ3) is 3.74. The summed E-state index contributed by atoms with van der Waals surface area (Å²) < 4.78 is 6.52. The standard InChI is InChI=1S/C10H9NO2.C5H6O/c12-10(13)7-11-6-5-8-3-1-2-4-9(8)11;1-2-4-6-5-3-1/h1-6H,7H2,(H,12,13);1-4H,5H2. The summed E-state index contributed by atoms with van der Waals surface area (Å²) in [5.74, 6) is -0.818. The molecule has 0 unspecified atom stereocenters. The molecule has 98 valence electrons. The zero-order valence-corrected chi connectivity index (χ0v) is 10.4. The minimum Gasteiger partial charge on any atom is -0.497 e. The molecular formula is C15H15NO3. The highest BCUT2D eigenvalue weighted by atomic mass is 16.5. The maximum Gasteiger partial charge on any atom is 0.323 e. The topological polar surface area (TPSA) is 51.5 Å². The Morgan fingerprint density at radius 1 is 1.26 bits per heavy atom. The van der Waals surface area contributed by atoms with E-state index in [1.54, 1.807) is 17.0 Å². The summed E-state index contributed by atoms with van der Waals surface area (Å²) in [5, 5.41) is 9.70. The van der Waals surface area contributed by atoms with Crippen molar-refractivity contribution < 1.29 is 14.6 Å². The van der Waals surface area contributed by atoms with Crippen LogP contribution in [0, 0.1) is 0 Å². The van der Waals surface area contributed by atoms with Gasteiger partial charge in [-0.1, -0.05) is 24.3 Å². The molecule has 3 rings (SSSR count). The van der Waals surface area contributed by atoms with Crippen LogP contribution in [0.5, 0.6) is 0 Å². The van der Waals surface area contributed by atoms with Gasteiger partial charge in [-0.2, -0.15) is 0 Å². The van der Waals surface area contributed by atoms with E-state index < -0.39 is 5.97 Å². The van der Waals surface area contributed by atoms with Crippen LogP contribution in [0.3, 0.4) is 0 Å². The van der Waals surface area contributed by atoms with E-state index in [0.29, 0.717) is 0 Å². The van der Waals surface area contributed by atoms with Crippen molar-refractivity contribution in [1.29, 1.82) is 0 Å². The van der Waals surface area contributed by atoms with Crippen LogP contribution in [-0.4, -0.2) is 22.2 Å². The molecule has 0 amide bonds. The Hall–Kier alpha value is -2.49. The van der Waals surface area contributed by atoms with Crippen molar-refractivity contribution in [2.24, 2.45) is 0 Å². The van der Waals surface area contributed by atoms with Gasteiger partial charge in [0.1, 0.15) is 13.2 Å². The summed E-state index contributed by atoms with van der Waals surface area (Å²) in [6.07, 6.45) is 9.26. The summed E-state index contributed by atoms with van der Waals surface area (Å²) in [4.78, 5) is 10.5. The molecule has 4 heteroatoms. The number of aliphatic carboxylic acids is 1. The molecular weight excluding hydrogens is 242 g/mol. The first-order valence-corrected chi connectivity index (χ1v) is 5.96. The van der Waals surface area contributed by atoms with Gasteiger partial charge in [-0.25, -0.2) is 0 Å². The van der Waals surface area contributed by atoms with Crippen LogP contribution in [-0.2, 0) is 16.1 Å².